The molecule has 6 heteroatoms. The van der Waals surface area contributed by atoms with Gasteiger partial charge in [-0.3, -0.25) is 4.79 Å². The fourth-order valence-corrected chi connectivity index (χ4v) is 2.95. The molecule has 5 nitrogen and oxygen atoms in total. The number of aliphatic carboxylic acids is 1. The molecule has 0 aromatic carbocycles. The molecule has 0 radical (unpaired) electrons. The highest BCUT2D eigenvalue weighted by molar-refractivity contribution is 9.09. The fraction of sp³-hybridized carbons (Fsp3) is 0.800. The first-order valence-corrected chi connectivity index (χ1v) is 6.23. The number of amides is 1. The van der Waals surface area contributed by atoms with Gasteiger partial charge in [0.25, 0.3) is 0 Å². The molecule has 1 N–H and O–H groups in total. The molecule has 0 bridgehead atoms. The molecule has 16 heavy (non-hydrogen) atoms. The van der Waals surface area contributed by atoms with Gasteiger partial charge in [0.1, 0.15) is 5.54 Å². The number of hydrogen-bond donors (Lipinski definition) is 1. The smallest absolute Gasteiger partial charge is 0.329 e. The van der Waals surface area contributed by atoms with Gasteiger partial charge in [-0.1, -0.05) is 15.9 Å². The average molecular weight is 292 g/mol. The quantitative estimate of drug-likeness (QED) is 0.758. The Morgan fingerprint density at radius 3 is 2.56 bits per heavy atom. The van der Waals surface area contributed by atoms with Gasteiger partial charge >= 0.3 is 5.97 Å². The van der Waals surface area contributed by atoms with Crippen LogP contribution in [-0.2, 0) is 14.3 Å². The normalized spacial score (nSPS) is 29.4. The summed E-state index contributed by atoms with van der Waals surface area (Å²) in [5, 5.41) is 9.39. The molecule has 0 aromatic heterocycles. The highest BCUT2D eigenvalue weighted by Crippen LogP contribution is 2.33. The van der Waals surface area contributed by atoms with Crippen LogP contribution in [0, 0.1) is 0 Å². The third-order valence-electron chi connectivity index (χ3n) is 3.31. The minimum Gasteiger partial charge on any atom is -0.479 e. The standard InChI is InChI=1S/C10H14BrNO4/c11-7-5-8(13)12(6-7)10(9(14)15)1-3-16-4-2-10/h7H,1-6H2,(H,14,15). The van der Waals surface area contributed by atoms with E-state index in [2.05, 4.69) is 15.9 Å². The van der Waals surface area contributed by atoms with E-state index < -0.39 is 11.5 Å². The van der Waals surface area contributed by atoms with E-state index in [-0.39, 0.29) is 10.7 Å². The van der Waals surface area contributed by atoms with Crippen LogP contribution in [0.2, 0.25) is 0 Å². The molecule has 2 fully saturated rings. The Hall–Kier alpha value is -0.620. The van der Waals surface area contributed by atoms with Crippen LogP contribution in [0.15, 0.2) is 0 Å². The highest BCUT2D eigenvalue weighted by Gasteiger charge is 2.50. The van der Waals surface area contributed by atoms with E-state index in [1.165, 1.54) is 4.90 Å². The molecule has 2 aliphatic heterocycles. The van der Waals surface area contributed by atoms with Crippen molar-refractivity contribution in [3.63, 3.8) is 0 Å². The van der Waals surface area contributed by atoms with E-state index in [0.717, 1.165) is 0 Å². The Kier molecular flexibility index (Phi) is 3.21. The number of nitrogens with zero attached hydrogens (tertiary/aromatic N) is 1. The van der Waals surface area contributed by atoms with Crippen molar-refractivity contribution in [1.29, 1.82) is 0 Å². The van der Waals surface area contributed by atoms with E-state index in [1.807, 2.05) is 0 Å². The molecule has 0 aliphatic carbocycles. The van der Waals surface area contributed by atoms with Crippen LogP contribution >= 0.6 is 15.9 Å². The number of carbonyl (C=O) groups is 2. The van der Waals surface area contributed by atoms with Gasteiger partial charge in [0.15, 0.2) is 0 Å². The third-order valence-corrected chi connectivity index (χ3v) is 3.93. The Balaban J connectivity index is 2.25. The molecule has 2 saturated heterocycles. The number of alkyl halides is 1. The maximum Gasteiger partial charge on any atom is 0.329 e. The molecule has 2 aliphatic rings. The predicted octanol–water partition coefficient (Wildman–Crippen LogP) is 0.616. The molecule has 90 valence electrons. The first kappa shape index (κ1) is 11.9. The summed E-state index contributed by atoms with van der Waals surface area (Å²) in [6, 6.07) is 0. The topological polar surface area (TPSA) is 66.8 Å². The second-order valence-corrected chi connectivity index (χ2v) is 5.55. The van der Waals surface area contributed by atoms with Crippen LogP contribution in [0.4, 0.5) is 0 Å². The lowest BCUT2D eigenvalue weighted by molar-refractivity contribution is -0.163. The van der Waals surface area contributed by atoms with Gasteiger partial charge < -0.3 is 14.7 Å². The molecule has 2 heterocycles. The van der Waals surface area contributed by atoms with Gasteiger partial charge in [-0.15, -0.1) is 0 Å². The number of carboxylic acid groups (broad SMARTS) is 1. The van der Waals surface area contributed by atoms with Crippen molar-refractivity contribution in [2.75, 3.05) is 19.8 Å². The molecule has 1 unspecified atom stereocenters. The van der Waals surface area contributed by atoms with Crippen LogP contribution in [-0.4, -0.2) is 52.0 Å². The van der Waals surface area contributed by atoms with Gasteiger partial charge in [-0.05, 0) is 0 Å². The summed E-state index contributed by atoms with van der Waals surface area (Å²) in [4.78, 5) is 24.8. The molecule has 1 amide bonds. The zero-order valence-electron chi connectivity index (χ0n) is 8.82. The Labute approximate surface area is 102 Å². The van der Waals surface area contributed by atoms with Crippen LogP contribution < -0.4 is 0 Å². The van der Waals surface area contributed by atoms with E-state index >= 15 is 0 Å². The molecule has 0 spiro atoms. The molecular formula is C10H14BrNO4. The van der Waals surface area contributed by atoms with Crippen LogP contribution in [0.1, 0.15) is 19.3 Å². The number of ether oxygens (including phenoxy) is 1. The highest BCUT2D eigenvalue weighted by atomic mass is 79.9. The molecule has 0 saturated carbocycles. The number of carbonyl (C=O) groups excluding carboxylic acids is 1. The van der Waals surface area contributed by atoms with Crippen molar-refractivity contribution < 1.29 is 19.4 Å². The number of carboxylic acids is 1. The van der Waals surface area contributed by atoms with Crippen molar-refractivity contribution in [1.82, 2.24) is 4.90 Å². The molecule has 0 aromatic rings. The lowest BCUT2D eigenvalue weighted by Crippen LogP contribution is -2.58. The van der Waals surface area contributed by atoms with Gasteiger partial charge in [0, 0.05) is 43.8 Å². The Bertz CT molecular complexity index is 312. The fourth-order valence-electron chi connectivity index (χ4n) is 2.39. The summed E-state index contributed by atoms with van der Waals surface area (Å²) in [5.41, 5.74) is -1.04. The summed E-state index contributed by atoms with van der Waals surface area (Å²) in [7, 11) is 0. The zero-order chi connectivity index (χ0) is 11.8. The lowest BCUT2D eigenvalue weighted by atomic mass is 9.88. The number of hydrogen-bond acceptors (Lipinski definition) is 3. The zero-order valence-corrected chi connectivity index (χ0v) is 10.4. The maximum atomic E-state index is 11.8. The molecular weight excluding hydrogens is 278 g/mol. The first-order valence-electron chi connectivity index (χ1n) is 5.32. The van der Waals surface area contributed by atoms with E-state index in [9.17, 15) is 14.7 Å². The summed E-state index contributed by atoms with van der Waals surface area (Å²) in [6.07, 6.45) is 1.15. The Morgan fingerprint density at radius 2 is 2.12 bits per heavy atom. The van der Waals surface area contributed by atoms with E-state index in [4.69, 9.17) is 4.74 Å². The van der Waals surface area contributed by atoms with Gasteiger partial charge in [0.2, 0.25) is 5.91 Å². The van der Waals surface area contributed by atoms with Crippen molar-refractivity contribution in [2.24, 2.45) is 0 Å². The summed E-state index contributed by atoms with van der Waals surface area (Å²) < 4.78 is 5.18. The SMILES string of the molecule is O=C1CC(Br)CN1C1(C(=O)O)CCOCC1. The first-order chi connectivity index (χ1) is 7.56. The number of likely N-dealkylation sites (tertiary alicyclic amines) is 1. The minimum absolute atomic E-state index is 0.0686. The minimum atomic E-state index is -1.04. The Morgan fingerprint density at radius 1 is 1.50 bits per heavy atom. The van der Waals surface area contributed by atoms with Crippen molar-refractivity contribution in [2.45, 2.75) is 29.6 Å². The van der Waals surface area contributed by atoms with Crippen molar-refractivity contribution in [3.8, 4) is 0 Å². The van der Waals surface area contributed by atoms with Crippen molar-refractivity contribution >= 4 is 27.8 Å². The average Bonchev–Trinajstić information content (AvgIpc) is 2.59. The van der Waals surface area contributed by atoms with Crippen LogP contribution in [0.5, 0.6) is 0 Å². The third kappa shape index (κ3) is 1.84. The lowest BCUT2D eigenvalue weighted by Gasteiger charge is -2.40. The summed E-state index contributed by atoms with van der Waals surface area (Å²) in [5.74, 6) is -0.989. The summed E-state index contributed by atoms with van der Waals surface area (Å²) in [6.45, 7) is 1.29. The molecule has 1 atom stereocenters. The summed E-state index contributed by atoms with van der Waals surface area (Å²) >= 11 is 3.37. The van der Waals surface area contributed by atoms with Crippen LogP contribution in [0.3, 0.4) is 0 Å². The van der Waals surface area contributed by atoms with Gasteiger partial charge in [-0.25, -0.2) is 4.79 Å². The number of rotatable bonds is 2. The monoisotopic (exact) mass is 291 g/mol. The van der Waals surface area contributed by atoms with E-state index in [0.29, 0.717) is 39.0 Å². The van der Waals surface area contributed by atoms with Gasteiger partial charge in [0.05, 0.1) is 0 Å². The maximum absolute atomic E-state index is 11.8. The van der Waals surface area contributed by atoms with Gasteiger partial charge in [-0.2, -0.15) is 0 Å². The van der Waals surface area contributed by atoms with Crippen molar-refractivity contribution in [3.05, 3.63) is 0 Å². The molecule has 2 rings (SSSR count). The predicted molar refractivity (Wildman–Crippen MR) is 59.5 cm³/mol. The van der Waals surface area contributed by atoms with Crippen LogP contribution in [0.25, 0.3) is 0 Å². The second kappa shape index (κ2) is 4.33. The van der Waals surface area contributed by atoms with E-state index in [1.54, 1.807) is 0 Å². The second-order valence-electron chi connectivity index (χ2n) is 4.25. The number of halogens is 1. The largest absolute Gasteiger partial charge is 0.479 e.